The van der Waals surface area contributed by atoms with Crippen molar-refractivity contribution in [2.45, 2.75) is 20.0 Å². The number of halogens is 3. The molecule has 0 fully saturated rings. The molecule has 19 heavy (non-hydrogen) atoms. The van der Waals surface area contributed by atoms with Gasteiger partial charge in [-0.25, -0.2) is 0 Å². The molecule has 1 aromatic heterocycles. The Bertz CT molecular complexity index is 429. The number of hydrogen-bond donors (Lipinski definition) is 2. The van der Waals surface area contributed by atoms with Crippen molar-refractivity contribution in [1.82, 2.24) is 10.2 Å². The molecule has 0 aliphatic rings. The van der Waals surface area contributed by atoms with Crippen molar-refractivity contribution in [2.75, 3.05) is 18.0 Å². The summed E-state index contributed by atoms with van der Waals surface area (Å²) in [6, 6.07) is 2.16. The fourth-order valence-corrected chi connectivity index (χ4v) is 1.46. The van der Waals surface area contributed by atoms with Crippen LogP contribution in [0.25, 0.3) is 0 Å². The molecular formula is C11H16F3N5. The highest BCUT2D eigenvalue weighted by atomic mass is 19.4. The van der Waals surface area contributed by atoms with Crippen LogP contribution in [0.2, 0.25) is 0 Å². The number of aromatic nitrogens is 2. The predicted molar refractivity (Wildman–Crippen MR) is 66.0 cm³/mol. The minimum Gasteiger partial charge on any atom is -0.387 e. The van der Waals surface area contributed by atoms with E-state index in [9.17, 15) is 13.2 Å². The maximum atomic E-state index is 12.4. The summed E-state index contributed by atoms with van der Waals surface area (Å²) in [4.78, 5) is 1.72. The molecule has 106 valence electrons. The highest BCUT2D eigenvalue weighted by Crippen LogP contribution is 2.27. The van der Waals surface area contributed by atoms with Crippen LogP contribution in [0.3, 0.4) is 0 Å². The molecule has 8 heteroatoms. The molecule has 0 aliphatic carbocycles. The first-order valence-corrected chi connectivity index (χ1v) is 5.75. The van der Waals surface area contributed by atoms with Gasteiger partial charge in [-0.15, -0.1) is 10.2 Å². The lowest BCUT2D eigenvalue weighted by Gasteiger charge is -2.24. The van der Waals surface area contributed by atoms with Gasteiger partial charge in [0, 0.05) is 19.0 Å². The summed E-state index contributed by atoms with van der Waals surface area (Å²) in [6.07, 6.45) is -4.49. The lowest BCUT2D eigenvalue weighted by atomic mass is 10.1. The molecule has 5 nitrogen and oxygen atoms in total. The van der Waals surface area contributed by atoms with E-state index in [4.69, 9.17) is 11.1 Å². The molecule has 0 aromatic carbocycles. The predicted octanol–water partition coefficient (Wildman–Crippen LogP) is 1.89. The summed E-state index contributed by atoms with van der Waals surface area (Å²) in [6.45, 7) is 4.55. The molecule has 1 atom stereocenters. The van der Waals surface area contributed by atoms with Crippen molar-refractivity contribution < 1.29 is 13.2 Å². The molecule has 0 bridgehead atoms. The quantitative estimate of drug-likeness (QED) is 0.635. The largest absolute Gasteiger partial charge is 0.435 e. The maximum absolute atomic E-state index is 12.4. The molecule has 3 N–H and O–H groups in total. The van der Waals surface area contributed by atoms with Crippen molar-refractivity contribution in [3.63, 3.8) is 0 Å². The molecule has 0 spiro atoms. The first-order chi connectivity index (χ1) is 8.75. The number of anilines is 1. The Morgan fingerprint density at radius 3 is 2.42 bits per heavy atom. The van der Waals surface area contributed by atoms with Gasteiger partial charge in [0.25, 0.3) is 0 Å². The summed E-state index contributed by atoms with van der Waals surface area (Å²) in [5.41, 5.74) is 4.35. The van der Waals surface area contributed by atoms with Crippen LogP contribution in [0.1, 0.15) is 19.5 Å². The smallest absolute Gasteiger partial charge is 0.387 e. The van der Waals surface area contributed by atoms with Crippen molar-refractivity contribution >= 4 is 11.7 Å². The van der Waals surface area contributed by atoms with E-state index < -0.39 is 11.9 Å². The minimum atomic E-state index is -4.49. The second-order valence-corrected chi connectivity index (χ2v) is 4.17. The maximum Gasteiger partial charge on any atom is 0.435 e. The first kappa shape index (κ1) is 15.2. The Balaban J connectivity index is 2.85. The second kappa shape index (κ2) is 5.85. The minimum absolute atomic E-state index is 0.0262. The van der Waals surface area contributed by atoms with E-state index in [-0.39, 0.29) is 11.8 Å². The molecular weight excluding hydrogens is 259 g/mol. The van der Waals surface area contributed by atoms with Gasteiger partial charge in [-0.05, 0) is 19.1 Å². The van der Waals surface area contributed by atoms with E-state index in [0.29, 0.717) is 18.9 Å². The Morgan fingerprint density at radius 1 is 1.42 bits per heavy atom. The van der Waals surface area contributed by atoms with Crippen LogP contribution >= 0.6 is 0 Å². The average Bonchev–Trinajstić information content (AvgIpc) is 2.34. The summed E-state index contributed by atoms with van der Waals surface area (Å²) >= 11 is 0. The fraction of sp³-hybridized carbons (Fsp3) is 0.545. The van der Waals surface area contributed by atoms with Crippen LogP contribution in [-0.4, -0.2) is 29.1 Å². The molecule has 1 unspecified atom stereocenters. The topological polar surface area (TPSA) is 78.9 Å². The number of rotatable bonds is 5. The Morgan fingerprint density at radius 2 is 2.05 bits per heavy atom. The molecule has 1 heterocycles. The molecule has 0 radical (unpaired) electrons. The number of nitrogens with zero attached hydrogens (tertiary/aromatic N) is 3. The van der Waals surface area contributed by atoms with Crippen LogP contribution in [-0.2, 0) is 6.18 Å². The average molecular weight is 275 g/mol. The lowest BCUT2D eigenvalue weighted by molar-refractivity contribution is -0.141. The zero-order chi connectivity index (χ0) is 14.6. The highest BCUT2D eigenvalue weighted by molar-refractivity contribution is 5.79. The molecule has 1 rings (SSSR count). The van der Waals surface area contributed by atoms with Crippen molar-refractivity contribution in [2.24, 2.45) is 11.7 Å². The number of amidine groups is 1. The van der Waals surface area contributed by atoms with Crippen LogP contribution in [0.15, 0.2) is 12.1 Å². The summed E-state index contributed by atoms with van der Waals surface area (Å²) < 4.78 is 37.1. The zero-order valence-electron chi connectivity index (χ0n) is 10.7. The third kappa shape index (κ3) is 4.08. The van der Waals surface area contributed by atoms with E-state index in [1.54, 1.807) is 11.8 Å². The third-order valence-electron chi connectivity index (χ3n) is 2.67. The van der Waals surface area contributed by atoms with E-state index in [0.717, 1.165) is 6.07 Å². The van der Waals surface area contributed by atoms with E-state index in [1.165, 1.54) is 6.07 Å². The number of alkyl halides is 3. The lowest BCUT2D eigenvalue weighted by Crippen LogP contribution is -2.35. The van der Waals surface area contributed by atoms with Gasteiger partial charge in [0.2, 0.25) is 0 Å². The van der Waals surface area contributed by atoms with Crippen LogP contribution in [0.5, 0.6) is 0 Å². The molecule has 0 aliphatic heterocycles. The molecule has 1 aromatic rings. The van der Waals surface area contributed by atoms with E-state index in [2.05, 4.69) is 10.2 Å². The van der Waals surface area contributed by atoms with Crippen molar-refractivity contribution in [3.05, 3.63) is 17.8 Å². The van der Waals surface area contributed by atoms with Crippen molar-refractivity contribution in [1.29, 1.82) is 5.41 Å². The van der Waals surface area contributed by atoms with Gasteiger partial charge in [-0.3, -0.25) is 5.41 Å². The fourth-order valence-electron chi connectivity index (χ4n) is 1.46. The van der Waals surface area contributed by atoms with Crippen molar-refractivity contribution in [3.8, 4) is 0 Å². The van der Waals surface area contributed by atoms with Gasteiger partial charge in [0.15, 0.2) is 11.5 Å². The van der Waals surface area contributed by atoms with Gasteiger partial charge in [-0.1, -0.05) is 6.92 Å². The SMILES string of the molecule is CCN(CC(C)C(=N)N)c1ccc(C(F)(F)F)nn1. The normalized spacial score (nSPS) is 13.1. The standard InChI is InChI=1S/C11H16F3N5/c1-3-19(6-7(2)10(15)16)9-5-4-8(17-18-9)11(12,13)14/h4-5,7H,3,6H2,1-2H3,(H3,15,16). The van der Waals surface area contributed by atoms with Crippen LogP contribution in [0, 0.1) is 11.3 Å². The Kier molecular flexibility index (Phi) is 4.68. The molecule has 0 amide bonds. The summed E-state index contributed by atoms with van der Waals surface area (Å²) in [5, 5.41) is 14.1. The van der Waals surface area contributed by atoms with E-state index >= 15 is 0 Å². The van der Waals surface area contributed by atoms with Crippen LogP contribution in [0.4, 0.5) is 19.0 Å². The van der Waals surface area contributed by atoms with Gasteiger partial charge < -0.3 is 10.6 Å². The van der Waals surface area contributed by atoms with Gasteiger partial charge in [-0.2, -0.15) is 13.2 Å². The molecule has 0 saturated heterocycles. The summed E-state index contributed by atoms with van der Waals surface area (Å²) in [7, 11) is 0. The second-order valence-electron chi connectivity index (χ2n) is 4.17. The number of nitrogens with one attached hydrogen (secondary N) is 1. The number of nitrogens with two attached hydrogens (primary N) is 1. The van der Waals surface area contributed by atoms with Gasteiger partial charge in [0.1, 0.15) is 0 Å². The highest BCUT2D eigenvalue weighted by Gasteiger charge is 2.33. The first-order valence-electron chi connectivity index (χ1n) is 5.75. The third-order valence-corrected chi connectivity index (χ3v) is 2.67. The van der Waals surface area contributed by atoms with Gasteiger partial charge in [0.05, 0.1) is 5.84 Å². The monoisotopic (exact) mass is 275 g/mol. The summed E-state index contributed by atoms with van der Waals surface area (Å²) in [5.74, 6) is 0.158. The Hall–Kier alpha value is -1.86. The number of hydrogen-bond acceptors (Lipinski definition) is 4. The van der Waals surface area contributed by atoms with E-state index in [1.807, 2.05) is 6.92 Å². The van der Waals surface area contributed by atoms with Gasteiger partial charge >= 0.3 is 6.18 Å². The molecule has 0 saturated carbocycles. The zero-order valence-corrected chi connectivity index (χ0v) is 10.7. The Labute approximate surface area is 109 Å². The van der Waals surface area contributed by atoms with Crippen LogP contribution < -0.4 is 10.6 Å².